The van der Waals surface area contributed by atoms with Gasteiger partial charge in [-0.15, -0.1) is 0 Å². The first-order valence-corrected chi connectivity index (χ1v) is 9.03. The standard InChI is InChI=1S/C19H15F3IN3O/c1-26(15-9-5-8-14(23)10-15)18-24-11-16(19(20,21)22)17(25-18)27-12-13-6-3-2-4-7-13/h2-11H,12H2,1H3. The minimum Gasteiger partial charge on any atom is -0.472 e. The lowest BCUT2D eigenvalue weighted by atomic mass is 10.2. The Balaban J connectivity index is 1.92. The van der Waals surface area contributed by atoms with Gasteiger partial charge in [0, 0.05) is 22.5 Å². The molecule has 0 radical (unpaired) electrons. The van der Waals surface area contributed by atoms with E-state index in [1.165, 1.54) is 0 Å². The smallest absolute Gasteiger partial charge is 0.423 e. The van der Waals surface area contributed by atoms with E-state index >= 15 is 0 Å². The normalized spacial score (nSPS) is 11.3. The van der Waals surface area contributed by atoms with E-state index in [9.17, 15) is 13.2 Å². The topological polar surface area (TPSA) is 38.2 Å². The van der Waals surface area contributed by atoms with Crippen LogP contribution in [-0.2, 0) is 12.8 Å². The van der Waals surface area contributed by atoms with Gasteiger partial charge in [-0.3, -0.25) is 0 Å². The molecule has 0 spiro atoms. The molecule has 1 heterocycles. The largest absolute Gasteiger partial charge is 0.472 e. The molecule has 3 rings (SSSR count). The fraction of sp³-hybridized carbons (Fsp3) is 0.158. The third-order valence-electron chi connectivity index (χ3n) is 3.76. The molecule has 140 valence electrons. The van der Waals surface area contributed by atoms with E-state index in [0.29, 0.717) is 0 Å². The summed E-state index contributed by atoms with van der Waals surface area (Å²) in [4.78, 5) is 9.52. The van der Waals surface area contributed by atoms with E-state index in [1.54, 1.807) is 36.2 Å². The van der Waals surface area contributed by atoms with Crippen molar-refractivity contribution in [3.05, 3.63) is 75.5 Å². The molecule has 0 bridgehead atoms. The van der Waals surface area contributed by atoms with Gasteiger partial charge in [0.2, 0.25) is 11.8 Å². The minimum absolute atomic E-state index is 0.0205. The van der Waals surface area contributed by atoms with Gasteiger partial charge in [0.25, 0.3) is 0 Å². The fourth-order valence-corrected chi connectivity index (χ4v) is 2.88. The summed E-state index contributed by atoms with van der Waals surface area (Å²) >= 11 is 2.16. The number of aromatic nitrogens is 2. The average molecular weight is 485 g/mol. The molecule has 1 aromatic heterocycles. The summed E-state index contributed by atoms with van der Waals surface area (Å²) in [5, 5.41) is 0. The van der Waals surface area contributed by atoms with Gasteiger partial charge >= 0.3 is 6.18 Å². The Kier molecular flexibility index (Phi) is 5.83. The lowest BCUT2D eigenvalue weighted by Crippen LogP contribution is -2.17. The molecule has 0 saturated carbocycles. The molecule has 0 aliphatic carbocycles. The average Bonchev–Trinajstić information content (AvgIpc) is 2.65. The number of halogens is 4. The highest BCUT2D eigenvalue weighted by Gasteiger charge is 2.36. The van der Waals surface area contributed by atoms with Crippen LogP contribution in [-0.4, -0.2) is 17.0 Å². The van der Waals surface area contributed by atoms with Crippen molar-refractivity contribution >= 4 is 34.2 Å². The first-order valence-electron chi connectivity index (χ1n) is 7.95. The van der Waals surface area contributed by atoms with Crippen LogP contribution in [0, 0.1) is 3.57 Å². The van der Waals surface area contributed by atoms with Crippen LogP contribution in [0.3, 0.4) is 0 Å². The molecular formula is C19H15F3IN3O. The highest BCUT2D eigenvalue weighted by Crippen LogP contribution is 2.36. The van der Waals surface area contributed by atoms with Crippen LogP contribution in [0.5, 0.6) is 5.88 Å². The van der Waals surface area contributed by atoms with Crippen LogP contribution in [0.1, 0.15) is 11.1 Å². The van der Waals surface area contributed by atoms with Crippen molar-refractivity contribution in [3.63, 3.8) is 0 Å². The van der Waals surface area contributed by atoms with Crippen molar-refractivity contribution in [1.29, 1.82) is 0 Å². The van der Waals surface area contributed by atoms with Crippen molar-refractivity contribution in [1.82, 2.24) is 9.97 Å². The summed E-state index contributed by atoms with van der Waals surface area (Å²) in [6, 6.07) is 16.4. The number of anilines is 2. The van der Waals surface area contributed by atoms with Crippen LogP contribution < -0.4 is 9.64 Å². The lowest BCUT2D eigenvalue weighted by molar-refractivity contribution is -0.139. The van der Waals surface area contributed by atoms with Crippen molar-refractivity contribution in [2.24, 2.45) is 0 Å². The predicted octanol–water partition coefficient (Wildman–Crippen LogP) is 5.45. The first-order chi connectivity index (χ1) is 12.8. The predicted molar refractivity (Wildman–Crippen MR) is 105 cm³/mol. The van der Waals surface area contributed by atoms with Gasteiger partial charge in [-0.1, -0.05) is 36.4 Å². The van der Waals surface area contributed by atoms with Crippen LogP contribution in [0.2, 0.25) is 0 Å². The number of hydrogen-bond donors (Lipinski definition) is 0. The number of ether oxygens (including phenoxy) is 1. The van der Waals surface area contributed by atoms with Crippen molar-refractivity contribution in [2.75, 3.05) is 11.9 Å². The van der Waals surface area contributed by atoms with E-state index in [1.807, 2.05) is 30.3 Å². The van der Waals surface area contributed by atoms with Gasteiger partial charge in [0.1, 0.15) is 12.2 Å². The zero-order valence-electron chi connectivity index (χ0n) is 14.2. The number of nitrogens with zero attached hydrogens (tertiary/aromatic N) is 3. The Morgan fingerprint density at radius 1 is 1.07 bits per heavy atom. The molecule has 0 amide bonds. The van der Waals surface area contributed by atoms with Crippen molar-refractivity contribution in [3.8, 4) is 5.88 Å². The molecule has 0 fully saturated rings. The molecule has 0 N–H and O–H groups in total. The molecule has 27 heavy (non-hydrogen) atoms. The molecule has 0 aliphatic heterocycles. The van der Waals surface area contributed by atoms with Crippen LogP contribution in [0.25, 0.3) is 0 Å². The molecule has 0 unspecified atom stereocenters. The van der Waals surface area contributed by atoms with Gasteiger partial charge in [-0.05, 0) is 46.4 Å². The summed E-state index contributed by atoms with van der Waals surface area (Å²) in [5.41, 5.74) is 0.505. The van der Waals surface area contributed by atoms with Gasteiger partial charge in [0.05, 0.1) is 0 Å². The van der Waals surface area contributed by atoms with Gasteiger partial charge in [0.15, 0.2) is 0 Å². The number of alkyl halides is 3. The third kappa shape index (κ3) is 4.88. The van der Waals surface area contributed by atoms with E-state index in [2.05, 4.69) is 32.6 Å². The van der Waals surface area contributed by atoms with E-state index < -0.39 is 17.6 Å². The summed E-state index contributed by atoms with van der Waals surface area (Å²) in [6.07, 6.45) is -3.85. The number of rotatable bonds is 5. The fourth-order valence-electron chi connectivity index (χ4n) is 2.35. The van der Waals surface area contributed by atoms with Crippen molar-refractivity contribution < 1.29 is 17.9 Å². The van der Waals surface area contributed by atoms with Crippen molar-refractivity contribution in [2.45, 2.75) is 12.8 Å². The molecule has 2 aromatic carbocycles. The molecule has 0 saturated heterocycles. The molecular weight excluding hydrogens is 470 g/mol. The van der Waals surface area contributed by atoms with Crippen LogP contribution in [0.4, 0.5) is 24.8 Å². The number of benzene rings is 2. The second kappa shape index (κ2) is 8.12. The Hall–Kier alpha value is -2.36. The Morgan fingerprint density at radius 2 is 1.81 bits per heavy atom. The van der Waals surface area contributed by atoms with Gasteiger partial charge in [-0.25, -0.2) is 4.98 Å². The maximum Gasteiger partial charge on any atom is 0.423 e. The zero-order chi connectivity index (χ0) is 19.4. The Morgan fingerprint density at radius 3 is 2.48 bits per heavy atom. The quantitative estimate of drug-likeness (QED) is 0.451. The molecule has 3 aromatic rings. The first kappa shape index (κ1) is 19.4. The molecule has 8 heteroatoms. The SMILES string of the molecule is CN(c1cccc(I)c1)c1ncc(C(F)(F)F)c(OCc2ccccc2)n1. The maximum absolute atomic E-state index is 13.3. The summed E-state index contributed by atoms with van der Waals surface area (Å²) in [7, 11) is 1.69. The van der Waals surface area contributed by atoms with Crippen LogP contribution in [0.15, 0.2) is 60.8 Å². The maximum atomic E-state index is 13.3. The van der Waals surface area contributed by atoms with Crippen LogP contribution >= 0.6 is 22.6 Å². The molecule has 4 nitrogen and oxygen atoms in total. The summed E-state index contributed by atoms with van der Waals surface area (Å²) in [5.74, 6) is -0.373. The summed E-state index contributed by atoms with van der Waals surface area (Å²) in [6.45, 7) is -0.0205. The third-order valence-corrected chi connectivity index (χ3v) is 4.43. The van der Waals surface area contributed by atoms with E-state index in [-0.39, 0.29) is 12.6 Å². The second-order valence-corrected chi connectivity index (χ2v) is 6.95. The monoisotopic (exact) mass is 485 g/mol. The number of hydrogen-bond acceptors (Lipinski definition) is 4. The van der Waals surface area contributed by atoms with E-state index in [4.69, 9.17) is 4.74 Å². The zero-order valence-corrected chi connectivity index (χ0v) is 16.4. The minimum atomic E-state index is -4.61. The van der Waals surface area contributed by atoms with Gasteiger partial charge < -0.3 is 9.64 Å². The Bertz CT molecular complexity index is 920. The van der Waals surface area contributed by atoms with E-state index in [0.717, 1.165) is 21.0 Å². The molecule has 0 atom stereocenters. The summed E-state index contributed by atoms with van der Waals surface area (Å²) < 4.78 is 46.3. The highest BCUT2D eigenvalue weighted by molar-refractivity contribution is 14.1. The molecule has 0 aliphatic rings. The lowest BCUT2D eigenvalue weighted by Gasteiger charge is -2.20. The highest BCUT2D eigenvalue weighted by atomic mass is 127. The second-order valence-electron chi connectivity index (χ2n) is 5.70. The van der Waals surface area contributed by atoms with Gasteiger partial charge in [-0.2, -0.15) is 18.2 Å². The Labute approximate surface area is 168 Å².